The first-order valence-corrected chi connectivity index (χ1v) is 21.0. The molecule has 0 aromatic heterocycles. The molecule has 0 aliphatic carbocycles. The van der Waals surface area contributed by atoms with Gasteiger partial charge in [-0.05, 0) is 0 Å². The predicted molar refractivity (Wildman–Crippen MR) is 172 cm³/mol. The fraction of sp³-hybridized carbons (Fsp3) is 0.958. The Labute approximate surface area is 325 Å². The van der Waals surface area contributed by atoms with E-state index >= 15 is 0 Å². The van der Waals surface area contributed by atoms with Crippen LogP contribution in [0.15, 0.2) is 0 Å². The van der Waals surface area contributed by atoms with E-state index in [9.17, 15) is 57.2 Å². The van der Waals surface area contributed by atoms with Crippen molar-refractivity contribution in [2.75, 3.05) is 55.9 Å². The van der Waals surface area contributed by atoms with Gasteiger partial charge in [0.15, 0.2) is 31.1 Å². The zero-order valence-electron chi connectivity index (χ0n) is 30.2. The van der Waals surface area contributed by atoms with E-state index in [1.54, 1.807) is 0 Å². The second kappa shape index (κ2) is 20.4. The summed E-state index contributed by atoms with van der Waals surface area (Å²) < 4.78 is 210. The standard InChI is InChI=1S/C24H42O29S4/c1-39-11-9(7-45-54(27,28)29)48-23(18(42-4)13(11)40-2)50-15-14(41-3)19(43-5)24(51-17(15)21(25)26)49-12-10(8-46-55(30,31)32)47-22(44-6)20(53-57(36,37)38)16(12)52-56(33,34)35/h9-20,22-24H,7-8H2,1-6H3,(H,25,26)(H,27,28,29)(H,30,31,32)(H,33,34,35)(H,36,37,38)/t9-,10-,11-,12-,13+,14+,15+,16+,17+,18-,19-,20-,22+,23-,24-/m1/s1. The molecular formula is C24H42O29S4. The molecule has 0 bridgehead atoms. The molecule has 29 nitrogen and oxygen atoms in total. The summed E-state index contributed by atoms with van der Waals surface area (Å²) in [5.41, 5.74) is 0. The minimum absolute atomic E-state index is 0.835. The Kier molecular flexibility index (Phi) is 17.8. The van der Waals surface area contributed by atoms with Gasteiger partial charge < -0.3 is 57.2 Å². The Hall–Kier alpha value is -1.49. The normalized spacial score (nSPS) is 37.2. The van der Waals surface area contributed by atoms with Crippen LogP contribution in [0.1, 0.15) is 0 Å². The molecule has 0 saturated carbocycles. The molecule has 0 spiro atoms. The molecule has 0 unspecified atom stereocenters. The maximum absolute atomic E-state index is 12.8. The van der Waals surface area contributed by atoms with Crippen molar-refractivity contribution in [2.45, 2.75) is 92.1 Å². The molecule has 57 heavy (non-hydrogen) atoms. The third-order valence-corrected chi connectivity index (χ3v) is 10.1. The van der Waals surface area contributed by atoms with Crippen LogP contribution in [0.2, 0.25) is 0 Å². The molecule has 0 radical (unpaired) electrons. The van der Waals surface area contributed by atoms with E-state index in [2.05, 4.69) is 16.7 Å². The second-order valence-corrected chi connectivity index (χ2v) is 16.0. The maximum atomic E-state index is 12.8. The number of ether oxygens (including phenoxy) is 11. The minimum atomic E-state index is -5.67. The average Bonchev–Trinajstić information content (AvgIpc) is 3.09. The number of rotatable bonds is 21. The summed E-state index contributed by atoms with van der Waals surface area (Å²) in [6.07, 6.45) is -27.8. The highest BCUT2D eigenvalue weighted by Gasteiger charge is 2.58. The Morgan fingerprint density at radius 1 is 0.456 bits per heavy atom. The van der Waals surface area contributed by atoms with Gasteiger partial charge in [0.1, 0.15) is 61.0 Å². The summed E-state index contributed by atoms with van der Waals surface area (Å²) in [4.78, 5) is 12.8. The van der Waals surface area contributed by atoms with Crippen molar-refractivity contribution in [1.29, 1.82) is 0 Å². The Bertz CT molecular complexity index is 1760. The molecule has 0 aromatic carbocycles. The summed E-state index contributed by atoms with van der Waals surface area (Å²) in [5, 5.41) is 10.3. The summed E-state index contributed by atoms with van der Waals surface area (Å²) in [6.45, 7) is -2.20. The van der Waals surface area contributed by atoms with Crippen LogP contribution in [0.5, 0.6) is 0 Å². The topological polar surface area (TPSA) is 393 Å². The third kappa shape index (κ3) is 13.8. The Morgan fingerprint density at radius 3 is 1.25 bits per heavy atom. The zero-order chi connectivity index (χ0) is 43.3. The molecule has 3 saturated heterocycles. The molecule has 15 atom stereocenters. The van der Waals surface area contributed by atoms with E-state index in [4.69, 9.17) is 56.7 Å². The highest BCUT2D eigenvalue weighted by Crippen LogP contribution is 2.37. The van der Waals surface area contributed by atoms with Gasteiger partial charge in [-0.3, -0.25) is 18.2 Å². The second-order valence-electron chi connectivity index (χ2n) is 11.7. The number of hydrogen-bond donors (Lipinski definition) is 5. The van der Waals surface area contributed by atoms with E-state index in [-0.39, 0.29) is 0 Å². The van der Waals surface area contributed by atoms with E-state index in [1.165, 1.54) is 21.3 Å². The lowest BCUT2D eigenvalue weighted by atomic mass is 9.95. The lowest BCUT2D eigenvalue weighted by Gasteiger charge is -2.50. The number of carboxylic acids is 1. The van der Waals surface area contributed by atoms with Gasteiger partial charge in [0.2, 0.25) is 0 Å². The van der Waals surface area contributed by atoms with E-state index < -0.39 is 153 Å². The highest BCUT2D eigenvalue weighted by atomic mass is 32.3. The molecule has 0 amide bonds. The van der Waals surface area contributed by atoms with Gasteiger partial charge in [-0.1, -0.05) is 0 Å². The predicted octanol–water partition coefficient (Wildman–Crippen LogP) is -4.25. The number of hydrogen-bond acceptors (Lipinski definition) is 24. The maximum Gasteiger partial charge on any atom is 0.397 e. The van der Waals surface area contributed by atoms with Crippen LogP contribution in [0.4, 0.5) is 0 Å². The fourth-order valence-corrected chi connectivity index (χ4v) is 7.78. The lowest BCUT2D eigenvalue weighted by Crippen LogP contribution is -2.68. The van der Waals surface area contributed by atoms with Gasteiger partial charge in [0.05, 0.1) is 13.2 Å². The minimum Gasteiger partial charge on any atom is -0.479 e. The van der Waals surface area contributed by atoms with Crippen molar-refractivity contribution < 1.29 is 131 Å². The number of carboxylic acid groups (broad SMARTS) is 1. The number of aliphatic carboxylic acids is 1. The van der Waals surface area contributed by atoms with Crippen molar-refractivity contribution in [1.82, 2.24) is 0 Å². The molecule has 3 rings (SSSR count). The largest absolute Gasteiger partial charge is 0.479 e. The molecule has 336 valence electrons. The van der Waals surface area contributed by atoms with Crippen molar-refractivity contribution in [3.05, 3.63) is 0 Å². The first kappa shape index (κ1) is 49.9. The first-order valence-electron chi connectivity index (χ1n) is 15.5. The molecular weight excluding hydrogens is 881 g/mol. The van der Waals surface area contributed by atoms with Gasteiger partial charge in [-0.25, -0.2) is 21.5 Å². The van der Waals surface area contributed by atoms with Crippen LogP contribution in [-0.4, -0.2) is 211 Å². The SMILES string of the molecule is CO[C@H]1O[C@H](COS(=O)(=O)O)[C@@H](O[C@@H]2O[C@H](C(=O)O)[C@@H](O[C@H]3O[C@H](COS(=O)(=O)O)[C@@H](OC)[C@H](OC)[C@H]3OC)[C@H](OC)[C@H]2OC)[C@H](OS(=O)(=O)O)[C@H]1OS(=O)(=O)O. The quantitative estimate of drug-likeness (QED) is 0.0681. The van der Waals surface area contributed by atoms with Crippen molar-refractivity contribution in [3.8, 4) is 0 Å². The van der Waals surface area contributed by atoms with Crippen LogP contribution < -0.4 is 0 Å². The molecule has 3 heterocycles. The Balaban J connectivity index is 2.10. The zero-order valence-corrected chi connectivity index (χ0v) is 33.5. The van der Waals surface area contributed by atoms with Crippen molar-refractivity contribution in [2.24, 2.45) is 0 Å². The average molecular weight is 923 g/mol. The van der Waals surface area contributed by atoms with E-state index in [0.717, 1.165) is 21.3 Å². The number of methoxy groups -OCH3 is 6. The van der Waals surface area contributed by atoms with Crippen LogP contribution >= 0.6 is 0 Å². The third-order valence-electron chi connectivity index (χ3n) is 8.32. The van der Waals surface area contributed by atoms with Crippen molar-refractivity contribution in [3.63, 3.8) is 0 Å². The van der Waals surface area contributed by atoms with Gasteiger partial charge in [-0.15, -0.1) is 0 Å². The summed E-state index contributed by atoms with van der Waals surface area (Å²) in [6, 6.07) is 0. The van der Waals surface area contributed by atoms with Gasteiger partial charge >= 0.3 is 47.6 Å². The van der Waals surface area contributed by atoms with Gasteiger partial charge in [0.25, 0.3) is 0 Å². The summed E-state index contributed by atoms with van der Waals surface area (Å²) in [7, 11) is -15.1. The Morgan fingerprint density at radius 2 is 0.842 bits per heavy atom. The smallest absolute Gasteiger partial charge is 0.397 e. The fourth-order valence-electron chi connectivity index (χ4n) is 6.18. The molecule has 3 fully saturated rings. The van der Waals surface area contributed by atoms with Crippen LogP contribution in [-0.2, 0) is 115 Å². The van der Waals surface area contributed by atoms with E-state index in [0.29, 0.717) is 0 Å². The molecule has 3 aliphatic rings. The van der Waals surface area contributed by atoms with Crippen LogP contribution in [0.3, 0.4) is 0 Å². The van der Waals surface area contributed by atoms with E-state index in [1.807, 2.05) is 0 Å². The molecule has 0 aromatic rings. The molecule has 33 heteroatoms. The monoisotopic (exact) mass is 922 g/mol. The van der Waals surface area contributed by atoms with Gasteiger partial charge in [0, 0.05) is 42.7 Å². The first-order chi connectivity index (χ1) is 26.3. The molecule has 3 aliphatic heterocycles. The summed E-state index contributed by atoms with van der Waals surface area (Å²) in [5.74, 6) is -1.82. The summed E-state index contributed by atoms with van der Waals surface area (Å²) >= 11 is 0. The highest BCUT2D eigenvalue weighted by molar-refractivity contribution is 7.81. The van der Waals surface area contributed by atoms with Crippen LogP contribution in [0, 0.1) is 0 Å². The van der Waals surface area contributed by atoms with Crippen LogP contribution in [0.25, 0.3) is 0 Å². The molecule has 5 N–H and O–H groups in total. The number of carbonyl (C=O) groups is 1. The van der Waals surface area contributed by atoms with Gasteiger partial charge in [-0.2, -0.15) is 33.7 Å². The lowest BCUT2D eigenvalue weighted by molar-refractivity contribution is -0.376. The van der Waals surface area contributed by atoms with Crippen molar-refractivity contribution >= 4 is 47.6 Å².